The van der Waals surface area contributed by atoms with Gasteiger partial charge in [-0.1, -0.05) is 60.3 Å². The first-order valence-corrected chi connectivity index (χ1v) is 8.90. The lowest BCUT2D eigenvalue weighted by molar-refractivity contribution is 0.968. The van der Waals surface area contributed by atoms with Gasteiger partial charge in [-0.15, -0.1) is 0 Å². The number of nitrogens with zero attached hydrogens (tertiary/aromatic N) is 2. The zero-order valence-electron chi connectivity index (χ0n) is 13.8. The predicted molar refractivity (Wildman–Crippen MR) is 104 cm³/mol. The summed E-state index contributed by atoms with van der Waals surface area (Å²) >= 11 is 1.78. The number of benzene rings is 3. The second kappa shape index (κ2) is 6.51. The molecule has 4 rings (SSSR count). The van der Waals surface area contributed by atoms with Crippen molar-refractivity contribution in [2.75, 3.05) is 0 Å². The topological polar surface area (TPSA) is 28.7 Å². The van der Waals surface area contributed by atoms with Gasteiger partial charge in [0.2, 0.25) is 0 Å². The summed E-state index contributed by atoms with van der Waals surface area (Å²) in [6.07, 6.45) is 0. The monoisotopic (exact) mass is 340 g/mol. The Labute approximate surface area is 151 Å². The molecule has 0 saturated heterocycles. The van der Waals surface area contributed by atoms with E-state index in [-0.39, 0.29) is 0 Å². The van der Waals surface area contributed by atoms with Crippen LogP contribution in [0.2, 0.25) is 0 Å². The molecule has 1 aromatic heterocycles. The van der Waals surface area contributed by atoms with Gasteiger partial charge in [0.15, 0.2) is 0 Å². The van der Waals surface area contributed by atoms with Crippen molar-refractivity contribution in [3.63, 3.8) is 0 Å². The molecule has 1 heterocycles. The molecule has 25 heavy (non-hydrogen) atoms. The molecule has 0 aliphatic heterocycles. The lowest BCUT2D eigenvalue weighted by Gasteiger charge is -2.08. The largest absolute Gasteiger partial charge is 0.343 e. The van der Waals surface area contributed by atoms with E-state index in [1.54, 1.807) is 11.8 Å². The summed E-state index contributed by atoms with van der Waals surface area (Å²) in [5.41, 5.74) is 4.19. The molecule has 0 bridgehead atoms. The molecule has 3 aromatic carbocycles. The molecule has 4 aromatic rings. The molecule has 0 aliphatic carbocycles. The summed E-state index contributed by atoms with van der Waals surface area (Å²) in [5.74, 6) is 0. The molecule has 0 atom stereocenters. The number of aromatic nitrogens is 1. The molecular weight excluding hydrogens is 324 g/mol. The van der Waals surface area contributed by atoms with Crippen LogP contribution >= 0.6 is 11.8 Å². The van der Waals surface area contributed by atoms with Gasteiger partial charge >= 0.3 is 0 Å². The fourth-order valence-corrected chi connectivity index (χ4v) is 4.26. The van der Waals surface area contributed by atoms with Crippen molar-refractivity contribution in [3.05, 3.63) is 84.4 Å². The zero-order valence-corrected chi connectivity index (χ0v) is 14.6. The van der Waals surface area contributed by atoms with Gasteiger partial charge in [0.1, 0.15) is 0 Å². The van der Waals surface area contributed by atoms with Crippen LogP contribution in [0.4, 0.5) is 0 Å². The number of rotatable bonds is 3. The summed E-state index contributed by atoms with van der Waals surface area (Å²) in [6, 6.07) is 28.9. The minimum absolute atomic E-state index is 0.680. The normalized spacial score (nSPS) is 10.7. The van der Waals surface area contributed by atoms with Gasteiger partial charge in [0.05, 0.1) is 17.3 Å². The minimum atomic E-state index is 0.680. The van der Waals surface area contributed by atoms with Crippen LogP contribution in [0, 0.1) is 11.3 Å². The Morgan fingerprint density at radius 2 is 1.52 bits per heavy atom. The van der Waals surface area contributed by atoms with Crippen molar-refractivity contribution >= 4 is 22.7 Å². The standard InChI is InChI=1S/C22H16N2S/c1-24-20-10-6-5-9-19(20)22(25-18-7-3-2-4-8-18)21(24)17-13-11-16(15-23)12-14-17/h2-14H,1H3. The van der Waals surface area contributed by atoms with Crippen molar-refractivity contribution in [2.24, 2.45) is 7.05 Å². The third-order valence-electron chi connectivity index (χ3n) is 4.31. The minimum Gasteiger partial charge on any atom is -0.343 e. The average molecular weight is 340 g/mol. The van der Waals surface area contributed by atoms with Gasteiger partial charge in [-0.2, -0.15) is 5.26 Å². The quantitative estimate of drug-likeness (QED) is 0.467. The first-order chi connectivity index (χ1) is 12.3. The lowest BCUT2D eigenvalue weighted by Crippen LogP contribution is -1.92. The molecule has 3 heteroatoms. The molecule has 0 saturated carbocycles. The zero-order chi connectivity index (χ0) is 17.2. The van der Waals surface area contributed by atoms with E-state index in [1.165, 1.54) is 26.4 Å². The van der Waals surface area contributed by atoms with Crippen LogP contribution in [-0.4, -0.2) is 4.57 Å². The number of hydrogen-bond acceptors (Lipinski definition) is 2. The summed E-state index contributed by atoms with van der Waals surface area (Å²) in [7, 11) is 2.10. The molecule has 0 unspecified atom stereocenters. The highest BCUT2D eigenvalue weighted by Gasteiger charge is 2.17. The van der Waals surface area contributed by atoms with E-state index in [2.05, 4.69) is 66.2 Å². The average Bonchev–Trinajstić information content (AvgIpc) is 2.95. The number of nitriles is 1. The van der Waals surface area contributed by atoms with Crippen LogP contribution in [0.3, 0.4) is 0 Å². The summed E-state index contributed by atoms with van der Waals surface area (Å²) < 4.78 is 2.24. The summed E-state index contributed by atoms with van der Waals surface area (Å²) in [4.78, 5) is 2.46. The molecule has 0 radical (unpaired) electrons. The Balaban J connectivity index is 1.94. The van der Waals surface area contributed by atoms with Crippen LogP contribution in [0.15, 0.2) is 88.7 Å². The van der Waals surface area contributed by atoms with Gasteiger partial charge in [-0.05, 0) is 35.9 Å². The second-order valence-electron chi connectivity index (χ2n) is 5.86. The predicted octanol–water partition coefficient (Wildman–Crippen LogP) is 5.87. The third-order valence-corrected chi connectivity index (χ3v) is 5.44. The van der Waals surface area contributed by atoms with Crippen molar-refractivity contribution in [1.29, 1.82) is 5.26 Å². The number of fused-ring (bicyclic) bond motifs is 1. The third kappa shape index (κ3) is 2.82. The van der Waals surface area contributed by atoms with Crippen molar-refractivity contribution < 1.29 is 0 Å². The first-order valence-electron chi connectivity index (χ1n) is 8.09. The van der Waals surface area contributed by atoms with Gasteiger partial charge in [0, 0.05) is 27.7 Å². The van der Waals surface area contributed by atoms with E-state index in [4.69, 9.17) is 5.26 Å². The van der Waals surface area contributed by atoms with Crippen molar-refractivity contribution in [3.8, 4) is 17.3 Å². The number of para-hydroxylation sites is 1. The highest BCUT2D eigenvalue weighted by molar-refractivity contribution is 7.99. The molecule has 0 fully saturated rings. The Hall–Kier alpha value is -2.96. The fourth-order valence-electron chi connectivity index (χ4n) is 3.10. The van der Waals surface area contributed by atoms with E-state index < -0.39 is 0 Å². The van der Waals surface area contributed by atoms with E-state index in [1.807, 2.05) is 30.3 Å². The Kier molecular flexibility index (Phi) is 4.05. The number of aryl methyl sites for hydroxylation is 1. The molecule has 0 aliphatic rings. The molecule has 2 nitrogen and oxygen atoms in total. The van der Waals surface area contributed by atoms with Crippen molar-refractivity contribution in [2.45, 2.75) is 9.79 Å². The van der Waals surface area contributed by atoms with Crippen LogP contribution in [-0.2, 0) is 7.05 Å². The Morgan fingerprint density at radius 3 is 2.24 bits per heavy atom. The van der Waals surface area contributed by atoms with E-state index in [0.29, 0.717) is 5.56 Å². The van der Waals surface area contributed by atoms with Crippen LogP contribution in [0.1, 0.15) is 5.56 Å². The first kappa shape index (κ1) is 15.6. The molecule has 0 spiro atoms. The highest BCUT2D eigenvalue weighted by atomic mass is 32.2. The summed E-state index contributed by atoms with van der Waals surface area (Å²) in [6.45, 7) is 0. The maximum Gasteiger partial charge on any atom is 0.0991 e. The maximum absolute atomic E-state index is 9.06. The fraction of sp³-hybridized carbons (Fsp3) is 0.0455. The van der Waals surface area contributed by atoms with Gasteiger partial charge in [-0.25, -0.2) is 0 Å². The van der Waals surface area contributed by atoms with Crippen LogP contribution in [0.5, 0.6) is 0 Å². The molecule has 0 amide bonds. The second-order valence-corrected chi connectivity index (χ2v) is 6.94. The van der Waals surface area contributed by atoms with E-state index in [0.717, 1.165) is 5.56 Å². The van der Waals surface area contributed by atoms with Gasteiger partial charge in [-0.3, -0.25) is 0 Å². The smallest absolute Gasteiger partial charge is 0.0991 e. The summed E-state index contributed by atoms with van der Waals surface area (Å²) in [5, 5.41) is 10.3. The van der Waals surface area contributed by atoms with Crippen LogP contribution < -0.4 is 0 Å². The highest BCUT2D eigenvalue weighted by Crippen LogP contribution is 2.42. The van der Waals surface area contributed by atoms with Gasteiger partial charge < -0.3 is 4.57 Å². The van der Waals surface area contributed by atoms with Gasteiger partial charge in [0.25, 0.3) is 0 Å². The lowest BCUT2D eigenvalue weighted by atomic mass is 10.1. The SMILES string of the molecule is Cn1c(-c2ccc(C#N)cc2)c(Sc2ccccc2)c2ccccc21. The van der Waals surface area contributed by atoms with Crippen molar-refractivity contribution in [1.82, 2.24) is 4.57 Å². The van der Waals surface area contributed by atoms with E-state index in [9.17, 15) is 0 Å². The van der Waals surface area contributed by atoms with Crippen LogP contribution in [0.25, 0.3) is 22.2 Å². The Bertz CT molecular complexity index is 1070. The molecule has 0 N–H and O–H groups in total. The molecule has 120 valence electrons. The number of hydrogen-bond donors (Lipinski definition) is 0. The Morgan fingerprint density at radius 1 is 0.840 bits per heavy atom. The molecular formula is C22H16N2S. The van der Waals surface area contributed by atoms with E-state index >= 15 is 0 Å². The maximum atomic E-state index is 9.06.